The van der Waals surface area contributed by atoms with Crippen LogP contribution in [-0.2, 0) is 16.6 Å². The van der Waals surface area contributed by atoms with Crippen molar-refractivity contribution in [3.8, 4) is 0 Å². The van der Waals surface area contributed by atoms with Crippen molar-refractivity contribution in [2.45, 2.75) is 20.4 Å². The molecule has 4 heteroatoms. The standard InChI is InChI=1S/C16H19NO2S/c1-13-8-7-9-14(2)16(13)17(20(3,18)19)12-15-10-5-4-6-11-15/h4-11H,12H2,1-3H3. The van der Waals surface area contributed by atoms with Crippen LogP contribution in [0.4, 0.5) is 5.69 Å². The van der Waals surface area contributed by atoms with E-state index in [0.29, 0.717) is 6.54 Å². The molecule has 0 bridgehead atoms. The Balaban J connectivity index is 2.50. The maximum absolute atomic E-state index is 12.2. The zero-order valence-electron chi connectivity index (χ0n) is 12.0. The first-order valence-electron chi connectivity index (χ1n) is 6.47. The summed E-state index contributed by atoms with van der Waals surface area (Å²) in [7, 11) is -3.33. The monoisotopic (exact) mass is 289 g/mol. The summed E-state index contributed by atoms with van der Waals surface area (Å²) >= 11 is 0. The molecule has 20 heavy (non-hydrogen) atoms. The average molecular weight is 289 g/mol. The van der Waals surface area contributed by atoms with Crippen LogP contribution in [0.5, 0.6) is 0 Å². The van der Waals surface area contributed by atoms with Crippen LogP contribution < -0.4 is 4.31 Å². The number of rotatable bonds is 4. The van der Waals surface area contributed by atoms with Gasteiger partial charge in [0.1, 0.15) is 0 Å². The number of para-hydroxylation sites is 1. The van der Waals surface area contributed by atoms with Gasteiger partial charge in [-0.15, -0.1) is 0 Å². The van der Waals surface area contributed by atoms with E-state index in [4.69, 9.17) is 0 Å². The van der Waals surface area contributed by atoms with Gasteiger partial charge >= 0.3 is 0 Å². The number of benzene rings is 2. The van der Waals surface area contributed by atoms with E-state index in [1.807, 2.05) is 62.4 Å². The fourth-order valence-electron chi connectivity index (χ4n) is 2.31. The molecule has 106 valence electrons. The van der Waals surface area contributed by atoms with Crippen LogP contribution in [0, 0.1) is 13.8 Å². The summed E-state index contributed by atoms with van der Waals surface area (Å²) in [6.07, 6.45) is 1.25. The largest absolute Gasteiger partial charge is 0.266 e. The SMILES string of the molecule is Cc1cccc(C)c1N(Cc1ccccc1)S(C)(=O)=O. The van der Waals surface area contributed by atoms with Gasteiger partial charge in [-0.25, -0.2) is 8.42 Å². The van der Waals surface area contributed by atoms with Gasteiger partial charge in [-0.2, -0.15) is 0 Å². The van der Waals surface area contributed by atoms with Crippen molar-refractivity contribution in [3.05, 3.63) is 65.2 Å². The molecule has 0 aliphatic carbocycles. The third-order valence-electron chi connectivity index (χ3n) is 3.26. The predicted octanol–water partition coefficient (Wildman–Crippen LogP) is 3.27. The van der Waals surface area contributed by atoms with Gasteiger partial charge < -0.3 is 0 Å². The fraction of sp³-hybridized carbons (Fsp3) is 0.250. The highest BCUT2D eigenvalue weighted by Gasteiger charge is 2.21. The first-order valence-corrected chi connectivity index (χ1v) is 8.32. The van der Waals surface area contributed by atoms with Crippen LogP contribution in [0.3, 0.4) is 0 Å². The number of aryl methyl sites for hydroxylation is 2. The molecule has 0 fully saturated rings. The number of hydrogen-bond donors (Lipinski definition) is 0. The minimum atomic E-state index is -3.33. The molecule has 0 saturated carbocycles. The maximum Gasteiger partial charge on any atom is 0.232 e. The number of hydrogen-bond acceptors (Lipinski definition) is 2. The van der Waals surface area contributed by atoms with Crippen LogP contribution in [0.15, 0.2) is 48.5 Å². The van der Waals surface area contributed by atoms with Gasteiger partial charge in [0, 0.05) is 0 Å². The average Bonchev–Trinajstić information content (AvgIpc) is 2.37. The molecule has 3 nitrogen and oxygen atoms in total. The van der Waals surface area contributed by atoms with Crippen molar-refractivity contribution in [1.29, 1.82) is 0 Å². The summed E-state index contributed by atoms with van der Waals surface area (Å²) in [6, 6.07) is 15.4. The zero-order valence-corrected chi connectivity index (χ0v) is 12.8. The Bertz CT molecular complexity index is 673. The Kier molecular flexibility index (Phi) is 4.14. The van der Waals surface area contributed by atoms with Crippen molar-refractivity contribution in [2.75, 3.05) is 10.6 Å². The van der Waals surface area contributed by atoms with Crippen molar-refractivity contribution in [3.63, 3.8) is 0 Å². The van der Waals surface area contributed by atoms with E-state index in [9.17, 15) is 8.42 Å². The molecule has 0 heterocycles. The molecule has 0 N–H and O–H groups in total. The highest BCUT2D eigenvalue weighted by molar-refractivity contribution is 7.92. The van der Waals surface area contributed by atoms with E-state index in [0.717, 1.165) is 22.4 Å². The summed E-state index contributed by atoms with van der Waals surface area (Å²) in [5, 5.41) is 0. The van der Waals surface area contributed by atoms with Crippen molar-refractivity contribution in [2.24, 2.45) is 0 Å². The second-order valence-corrected chi connectivity index (χ2v) is 6.90. The second-order valence-electron chi connectivity index (χ2n) is 5.00. The van der Waals surface area contributed by atoms with E-state index in [2.05, 4.69) is 0 Å². The summed E-state index contributed by atoms with van der Waals surface area (Å²) in [4.78, 5) is 0. The Labute approximate surface area is 120 Å². The topological polar surface area (TPSA) is 37.4 Å². The number of anilines is 1. The third kappa shape index (κ3) is 3.20. The minimum absolute atomic E-state index is 0.353. The number of sulfonamides is 1. The maximum atomic E-state index is 12.2. The fourth-order valence-corrected chi connectivity index (χ4v) is 3.31. The lowest BCUT2D eigenvalue weighted by atomic mass is 10.1. The van der Waals surface area contributed by atoms with Crippen LogP contribution in [0.2, 0.25) is 0 Å². The quantitative estimate of drug-likeness (QED) is 0.866. The van der Waals surface area contributed by atoms with Crippen molar-refractivity contribution < 1.29 is 8.42 Å². The molecule has 0 aliphatic rings. The van der Waals surface area contributed by atoms with Crippen LogP contribution in [-0.4, -0.2) is 14.7 Å². The highest BCUT2D eigenvalue weighted by Crippen LogP contribution is 2.28. The minimum Gasteiger partial charge on any atom is -0.266 e. The Hall–Kier alpha value is -1.81. The first-order chi connectivity index (χ1) is 9.39. The Morgan fingerprint density at radius 1 is 0.900 bits per heavy atom. The summed E-state index contributed by atoms with van der Waals surface area (Å²) in [6.45, 7) is 4.22. The van der Waals surface area contributed by atoms with Crippen LogP contribution >= 0.6 is 0 Å². The van der Waals surface area contributed by atoms with Gasteiger partial charge in [-0.05, 0) is 30.5 Å². The number of nitrogens with zero attached hydrogens (tertiary/aromatic N) is 1. The molecule has 0 saturated heterocycles. The summed E-state index contributed by atoms with van der Waals surface area (Å²) < 4.78 is 25.8. The first kappa shape index (κ1) is 14.6. The normalized spacial score (nSPS) is 11.3. The van der Waals surface area contributed by atoms with E-state index < -0.39 is 10.0 Å². The summed E-state index contributed by atoms with van der Waals surface area (Å²) in [5.41, 5.74) is 3.68. The molecule has 0 atom stereocenters. The third-order valence-corrected chi connectivity index (χ3v) is 4.37. The molecule has 0 aliphatic heterocycles. The van der Waals surface area contributed by atoms with E-state index in [1.54, 1.807) is 0 Å². The molecule has 0 aromatic heterocycles. The molecule has 0 spiro atoms. The molecule has 0 unspecified atom stereocenters. The lowest BCUT2D eigenvalue weighted by Crippen LogP contribution is -2.30. The molecule has 2 aromatic rings. The smallest absolute Gasteiger partial charge is 0.232 e. The molecular weight excluding hydrogens is 270 g/mol. The molecule has 0 radical (unpaired) electrons. The van der Waals surface area contributed by atoms with Crippen molar-refractivity contribution in [1.82, 2.24) is 0 Å². The van der Waals surface area contributed by atoms with Gasteiger partial charge in [0.25, 0.3) is 0 Å². The van der Waals surface area contributed by atoms with Crippen LogP contribution in [0.25, 0.3) is 0 Å². The Morgan fingerprint density at radius 3 is 1.95 bits per heavy atom. The van der Waals surface area contributed by atoms with Gasteiger partial charge in [-0.3, -0.25) is 4.31 Å². The second kappa shape index (κ2) is 5.67. The molecule has 2 rings (SSSR count). The van der Waals surface area contributed by atoms with Gasteiger partial charge in [0.15, 0.2) is 0 Å². The van der Waals surface area contributed by atoms with E-state index in [-0.39, 0.29) is 0 Å². The van der Waals surface area contributed by atoms with Gasteiger partial charge in [-0.1, -0.05) is 48.5 Å². The van der Waals surface area contributed by atoms with Gasteiger partial charge in [0.05, 0.1) is 18.5 Å². The molecule has 0 amide bonds. The lowest BCUT2D eigenvalue weighted by molar-refractivity contribution is 0.596. The highest BCUT2D eigenvalue weighted by atomic mass is 32.2. The molecular formula is C16H19NO2S. The predicted molar refractivity (Wildman–Crippen MR) is 83.4 cm³/mol. The van der Waals surface area contributed by atoms with Crippen molar-refractivity contribution >= 4 is 15.7 Å². The zero-order chi connectivity index (χ0) is 14.8. The van der Waals surface area contributed by atoms with E-state index in [1.165, 1.54) is 10.6 Å². The molecule has 2 aromatic carbocycles. The Morgan fingerprint density at radius 2 is 1.45 bits per heavy atom. The lowest BCUT2D eigenvalue weighted by Gasteiger charge is -2.26. The van der Waals surface area contributed by atoms with Crippen LogP contribution in [0.1, 0.15) is 16.7 Å². The van der Waals surface area contributed by atoms with Gasteiger partial charge in [0.2, 0.25) is 10.0 Å². The van der Waals surface area contributed by atoms with E-state index >= 15 is 0 Å². The summed E-state index contributed by atoms with van der Waals surface area (Å²) in [5.74, 6) is 0.